The van der Waals surface area contributed by atoms with Crippen LogP contribution in [0.5, 0.6) is 0 Å². The van der Waals surface area contributed by atoms with Crippen LogP contribution >= 0.6 is 0 Å². The Bertz CT molecular complexity index is 507. The van der Waals surface area contributed by atoms with E-state index in [-0.39, 0.29) is 11.6 Å². The zero-order chi connectivity index (χ0) is 16.1. The molecule has 5 nitrogen and oxygen atoms in total. The van der Waals surface area contributed by atoms with Crippen LogP contribution in [0, 0.1) is 11.6 Å². The molecule has 0 saturated heterocycles. The van der Waals surface area contributed by atoms with Crippen LogP contribution in [-0.4, -0.2) is 28.3 Å². The Kier molecular flexibility index (Phi) is 5.65. The van der Waals surface area contributed by atoms with Gasteiger partial charge in [-0.2, -0.15) is 0 Å². The van der Waals surface area contributed by atoms with Gasteiger partial charge < -0.3 is 15.7 Å². The number of halogens is 2. The molecule has 1 aliphatic carbocycles. The molecule has 22 heavy (non-hydrogen) atoms. The molecule has 1 aromatic heterocycles. The number of aliphatic hydroxyl groups excluding tert-OH is 1. The second kappa shape index (κ2) is 7.49. The van der Waals surface area contributed by atoms with Crippen molar-refractivity contribution in [3.63, 3.8) is 0 Å². The normalized spacial score (nSPS) is 23.5. The first-order valence-corrected chi connectivity index (χ1v) is 7.53. The van der Waals surface area contributed by atoms with E-state index in [2.05, 4.69) is 15.6 Å². The van der Waals surface area contributed by atoms with Gasteiger partial charge in [-0.1, -0.05) is 19.3 Å². The first-order valence-electron chi connectivity index (χ1n) is 7.53. The van der Waals surface area contributed by atoms with Gasteiger partial charge in [0, 0.05) is 5.56 Å². The topological polar surface area (TPSA) is 74.2 Å². The van der Waals surface area contributed by atoms with Crippen LogP contribution in [0.2, 0.25) is 0 Å². The smallest absolute Gasteiger partial charge is 0.315 e. The molecule has 1 aliphatic rings. The first kappa shape index (κ1) is 16.6. The van der Waals surface area contributed by atoms with Gasteiger partial charge >= 0.3 is 6.03 Å². The van der Waals surface area contributed by atoms with E-state index in [9.17, 15) is 18.7 Å². The average molecular weight is 313 g/mol. The summed E-state index contributed by atoms with van der Waals surface area (Å²) in [5, 5.41) is 15.2. The minimum absolute atomic E-state index is 0.230. The highest BCUT2D eigenvalue weighted by Crippen LogP contribution is 2.20. The van der Waals surface area contributed by atoms with Crippen LogP contribution in [0.4, 0.5) is 13.6 Å². The number of aliphatic hydroxyl groups is 1. The Balaban J connectivity index is 1.96. The van der Waals surface area contributed by atoms with Gasteiger partial charge in [0.15, 0.2) is 0 Å². The zero-order valence-corrected chi connectivity index (χ0v) is 12.5. The van der Waals surface area contributed by atoms with Crippen molar-refractivity contribution >= 4 is 6.03 Å². The summed E-state index contributed by atoms with van der Waals surface area (Å²) in [5.74, 6) is -1.61. The van der Waals surface area contributed by atoms with Crippen molar-refractivity contribution in [3.05, 3.63) is 29.6 Å². The Morgan fingerprint density at radius 3 is 2.59 bits per heavy atom. The quantitative estimate of drug-likeness (QED) is 0.750. The summed E-state index contributed by atoms with van der Waals surface area (Å²) < 4.78 is 27.2. The Hall–Kier alpha value is -1.76. The van der Waals surface area contributed by atoms with Crippen LogP contribution in [0.25, 0.3) is 0 Å². The van der Waals surface area contributed by atoms with Crippen molar-refractivity contribution in [2.45, 2.75) is 57.2 Å². The summed E-state index contributed by atoms with van der Waals surface area (Å²) in [6.45, 7) is 1.49. The van der Waals surface area contributed by atoms with Crippen LogP contribution in [-0.2, 0) is 0 Å². The number of urea groups is 1. The molecule has 0 aliphatic heterocycles. The molecule has 7 heteroatoms. The van der Waals surface area contributed by atoms with Gasteiger partial charge in [0.25, 0.3) is 0 Å². The number of amides is 2. The fraction of sp³-hybridized carbons (Fsp3) is 0.600. The molecule has 2 amide bonds. The van der Waals surface area contributed by atoms with E-state index in [4.69, 9.17) is 0 Å². The second-order valence-electron chi connectivity index (χ2n) is 5.67. The number of hydrogen-bond acceptors (Lipinski definition) is 3. The predicted molar refractivity (Wildman–Crippen MR) is 77.1 cm³/mol. The fourth-order valence-electron chi connectivity index (χ4n) is 2.77. The van der Waals surface area contributed by atoms with E-state index in [0.717, 1.165) is 31.7 Å². The standard InChI is InChI=1S/C15H21F2N3O2/c1-9(14-10(16)7-18-8-11(14)17)19-15(22)20-12-5-3-2-4-6-13(12)21/h7-9,12-13,21H,2-6H2,1H3,(H2,19,20,22)/t9?,12-,13-/m1/s1. The maximum atomic E-state index is 13.6. The van der Waals surface area contributed by atoms with Gasteiger partial charge in [-0.05, 0) is 19.8 Å². The van der Waals surface area contributed by atoms with E-state index in [1.165, 1.54) is 6.92 Å². The molecule has 3 atom stereocenters. The summed E-state index contributed by atoms with van der Waals surface area (Å²) in [5.41, 5.74) is -0.230. The minimum atomic E-state index is -0.842. The monoisotopic (exact) mass is 313 g/mol. The van der Waals surface area contributed by atoms with Crippen LogP contribution in [0.3, 0.4) is 0 Å². The highest BCUT2D eigenvalue weighted by Gasteiger charge is 2.24. The van der Waals surface area contributed by atoms with Crippen LogP contribution in [0.1, 0.15) is 50.6 Å². The number of carbonyl (C=O) groups excluding carboxylic acids is 1. The van der Waals surface area contributed by atoms with Gasteiger partial charge in [-0.3, -0.25) is 4.98 Å². The number of aromatic nitrogens is 1. The maximum absolute atomic E-state index is 13.6. The second-order valence-corrected chi connectivity index (χ2v) is 5.67. The van der Waals surface area contributed by atoms with Crippen LogP contribution in [0.15, 0.2) is 12.4 Å². The molecule has 122 valence electrons. The molecular formula is C15H21F2N3O2. The van der Waals surface area contributed by atoms with Gasteiger partial charge in [0.05, 0.1) is 30.6 Å². The largest absolute Gasteiger partial charge is 0.391 e. The third-order valence-corrected chi connectivity index (χ3v) is 3.97. The van der Waals surface area contributed by atoms with Gasteiger partial charge in [0.1, 0.15) is 11.6 Å². The van der Waals surface area contributed by atoms with Crippen molar-refractivity contribution in [2.24, 2.45) is 0 Å². The maximum Gasteiger partial charge on any atom is 0.315 e. The highest BCUT2D eigenvalue weighted by atomic mass is 19.1. The molecule has 1 heterocycles. The molecule has 1 unspecified atom stereocenters. The van der Waals surface area contributed by atoms with E-state index in [1.807, 2.05) is 0 Å². The summed E-state index contributed by atoms with van der Waals surface area (Å²) >= 11 is 0. The van der Waals surface area contributed by atoms with E-state index >= 15 is 0 Å². The zero-order valence-electron chi connectivity index (χ0n) is 12.5. The number of carbonyl (C=O) groups is 1. The molecule has 1 fully saturated rings. The van der Waals surface area contributed by atoms with Crippen molar-refractivity contribution < 1.29 is 18.7 Å². The lowest BCUT2D eigenvalue weighted by molar-refractivity contribution is 0.122. The summed E-state index contributed by atoms with van der Waals surface area (Å²) in [4.78, 5) is 15.4. The summed E-state index contributed by atoms with van der Waals surface area (Å²) in [7, 11) is 0. The number of pyridine rings is 1. The lowest BCUT2D eigenvalue weighted by Crippen LogP contribution is -2.48. The third kappa shape index (κ3) is 4.13. The molecule has 0 bridgehead atoms. The minimum Gasteiger partial charge on any atom is -0.391 e. The van der Waals surface area contributed by atoms with E-state index < -0.39 is 29.8 Å². The predicted octanol–water partition coefficient (Wildman–Crippen LogP) is 2.41. The molecular weight excluding hydrogens is 292 g/mol. The average Bonchev–Trinajstić information content (AvgIpc) is 2.64. The van der Waals surface area contributed by atoms with E-state index in [1.54, 1.807) is 0 Å². The first-order chi connectivity index (χ1) is 10.5. The Morgan fingerprint density at radius 1 is 1.27 bits per heavy atom. The highest BCUT2D eigenvalue weighted by molar-refractivity contribution is 5.74. The van der Waals surface area contributed by atoms with Gasteiger partial charge in [0.2, 0.25) is 0 Å². The molecule has 0 radical (unpaired) electrons. The number of rotatable bonds is 3. The number of nitrogens with one attached hydrogen (secondary N) is 2. The molecule has 1 saturated carbocycles. The Labute approximate surface area is 128 Å². The molecule has 1 aromatic rings. The van der Waals surface area contributed by atoms with Crippen molar-refractivity contribution in [1.82, 2.24) is 15.6 Å². The molecule has 2 rings (SSSR count). The van der Waals surface area contributed by atoms with Crippen molar-refractivity contribution in [2.75, 3.05) is 0 Å². The summed E-state index contributed by atoms with van der Waals surface area (Å²) in [6, 6.07) is -1.72. The SMILES string of the molecule is CC(NC(=O)N[C@@H]1CCCCC[C@H]1O)c1c(F)cncc1F. The van der Waals surface area contributed by atoms with Crippen molar-refractivity contribution in [3.8, 4) is 0 Å². The lowest BCUT2D eigenvalue weighted by Gasteiger charge is -2.23. The van der Waals surface area contributed by atoms with Crippen molar-refractivity contribution in [1.29, 1.82) is 0 Å². The van der Waals surface area contributed by atoms with Crippen LogP contribution < -0.4 is 10.6 Å². The number of hydrogen-bond donors (Lipinski definition) is 3. The Morgan fingerprint density at radius 2 is 1.91 bits per heavy atom. The fourth-order valence-corrected chi connectivity index (χ4v) is 2.77. The lowest BCUT2D eigenvalue weighted by atomic mass is 10.1. The van der Waals surface area contributed by atoms with Gasteiger partial charge in [-0.25, -0.2) is 13.6 Å². The number of nitrogens with zero attached hydrogens (tertiary/aromatic N) is 1. The molecule has 3 N–H and O–H groups in total. The van der Waals surface area contributed by atoms with Gasteiger partial charge in [-0.15, -0.1) is 0 Å². The molecule has 0 spiro atoms. The third-order valence-electron chi connectivity index (χ3n) is 3.97. The molecule has 0 aromatic carbocycles. The van der Waals surface area contributed by atoms with E-state index in [0.29, 0.717) is 12.8 Å². The summed E-state index contributed by atoms with van der Waals surface area (Å²) in [6.07, 6.45) is 5.47.